The number of nitrogens with zero attached hydrogens (tertiary/aromatic N) is 2. The lowest BCUT2D eigenvalue weighted by molar-refractivity contribution is -0.142. The van der Waals surface area contributed by atoms with E-state index in [4.69, 9.17) is 0 Å². The molecule has 6 nitrogen and oxygen atoms in total. The summed E-state index contributed by atoms with van der Waals surface area (Å²) in [5.41, 5.74) is 1.09. The molecule has 3 aliphatic rings. The number of rotatable bonds is 3. The number of aromatic nitrogens is 1. The van der Waals surface area contributed by atoms with Crippen LogP contribution in [0.1, 0.15) is 55.5 Å². The molecule has 2 heterocycles. The van der Waals surface area contributed by atoms with Gasteiger partial charge in [0.2, 0.25) is 17.7 Å². The van der Waals surface area contributed by atoms with Crippen LogP contribution in [0.2, 0.25) is 0 Å². The van der Waals surface area contributed by atoms with Crippen LogP contribution in [0.25, 0.3) is 0 Å². The highest BCUT2D eigenvalue weighted by molar-refractivity contribution is 7.15. The largest absolute Gasteiger partial charge is 0.300 e. The molecule has 25 heavy (non-hydrogen) atoms. The van der Waals surface area contributed by atoms with Crippen molar-refractivity contribution in [2.45, 2.75) is 57.8 Å². The quantitative estimate of drug-likeness (QED) is 0.663. The summed E-state index contributed by atoms with van der Waals surface area (Å²) in [6.45, 7) is -0.186. The third-order valence-corrected chi connectivity index (χ3v) is 6.65. The second-order valence-electron chi connectivity index (χ2n) is 7.26. The van der Waals surface area contributed by atoms with Crippen LogP contribution in [0.3, 0.4) is 0 Å². The van der Waals surface area contributed by atoms with Crippen molar-refractivity contribution in [3.63, 3.8) is 0 Å². The second kappa shape index (κ2) is 6.86. The van der Waals surface area contributed by atoms with Crippen LogP contribution in [0.5, 0.6) is 0 Å². The summed E-state index contributed by atoms with van der Waals surface area (Å²) in [6.07, 6.45) is 9.05. The van der Waals surface area contributed by atoms with Crippen LogP contribution >= 0.6 is 11.3 Å². The molecule has 7 heteroatoms. The zero-order valence-electron chi connectivity index (χ0n) is 14.3. The normalized spacial score (nSPS) is 26.2. The van der Waals surface area contributed by atoms with E-state index < -0.39 is 0 Å². The van der Waals surface area contributed by atoms with E-state index in [0.717, 1.165) is 55.5 Å². The maximum atomic E-state index is 12.4. The van der Waals surface area contributed by atoms with Crippen molar-refractivity contribution >= 4 is 34.2 Å². The van der Waals surface area contributed by atoms with Gasteiger partial charge in [-0.05, 0) is 38.5 Å². The standard InChI is InChI=1S/C18H23N3O3S/c22-15(20-18-19-13-8-2-1-3-9-14(13)25-18)10-21-16(23)11-6-4-5-7-12(11)17(21)24/h11-12H,1-10H2,(H,19,20,22). The number of hydrogen-bond donors (Lipinski definition) is 1. The third kappa shape index (κ3) is 3.21. The van der Waals surface area contributed by atoms with Gasteiger partial charge < -0.3 is 5.32 Å². The lowest BCUT2D eigenvalue weighted by atomic mass is 9.81. The minimum atomic E-state index is -0.329. The number of likely N-dealkylation sites (tertiary alicyclic amines) is 1. The number of amides is 3. The summed E-state index contributed by atoms with van der Waals surface area (Å²) < 4.78 is 0. The van der Waals surface area contributed by atoms with E-state index in [-0.39, 0.29) is 36.1 Å². The molecule has 2 atom stereocenters. The van der Waals surface area contributed by atoms with Crippen LogP contribution < -0.4 is 5.32 Å². The van der Waals surface area contributed by atoms with E-state index in [1.54, 1.807) is 0 Å². The molecule has 2 fully saturated rings. The number of anilines is 1. The van der Waals surface area contributed by atoms with Crippen LogP contribution in [-0.2, 0) is 27.2 Å². The van der Waals surface area contributed by atoms with Gasteiger partial charge in [0, 0.05) is 4.88 Å². The van der Waals surface area contributed by atoms with Gasteiger partial charge in [0.1, 0.15) is 6.54 Å². The molecule has 0 bridgehead atoms. The first-order valence-corrected chi connectivity index (χ1v) is 10.1. The van der Waals surface area contributed by atoms with Gasteiger partial charge in [-0.25, -0.2) is 4.98 Å². The van der Waals surface area contributed by atoms with E-state index in [1.807, 2.05) is 0 Å². The highest BCUT2D eigenvalue weighted by Gasteiger charge is 2.48. The van der Waals surface area contributed by atoms with Crippen molar-refractivity contribution in [3.8, 4) is 0 Å². The molecule has 1 saturated heterocycles. The molecular weight excluding hydrogens is 338 g/mol. The highest BCUT2D eigenvalue weighted by atomic mass is 32.1. The fraction of sp³-hybridized carbons (Fsp3) is 0.667. The molecule has 2 unspecified atom stereocenters. The van der Waals surface area contributed by atoms with Crippen molar-refractivity contribution in [2.24, 2.45) is 11.8 Å². The molecule has 1 N–H and O–H groups in total. The monoisotopic (exact) mass is 361 g/mol. The van der Waals surface area contributed by atoms with Crippen LogP contribution in [-0.4, -0.2) is 34.2 Å². The predicted octanol–water partition coefficient (Wildman–Crippen LogP) is 2.53. The topological polar surface area (TPSA) is 79.4 Å². The smallest absolute Gasteiger partial charge is 0.246 e. The summed E-state index contributed by atoms with van der Waals surface area (Å²) in [6, 6.07) is 0. The Balaban J connectivity index is 1.40. The van der Waals surface area contributed by atoms with Crippen molar-refractivity contribution in [3.05, 3.63) is 10.6 Å². The highest BCUT2D eigenvalue weighted by Crippen LogP contribution is 2.38. The van der Waals surface area contributed by atoms with Crippen LogP contribution in [0.15, 0.2) is 0 Å². The third-order valence-electron chi connectivity index (χ3n) is 5.58. The lowest BCUT2D eigenvalue weighted by Crippen LogP contribution is -2.38. The first-order chi connectivity index (χ1) is 12.1. The number of carbonyl (C=O) groups excluding carboxylic acids is 3. The Kier molecular flexibility index (Phi) is 4.58. The number of fused-ring (bicyclic) bond motifs is 2. The minimum Gasteiger partial charge on any atom is -0.300 e. The SMILES string of the molecule is O=C(CN1C(=O)C2CCCCC2C1=O)Nc1nc2c(s1)CCCCC2. The van der Waals surface area contributed by atoms with Crippen molar-refractivity contribution in [2.75, 3.05) is 11.9 Å². The number of hydrogen-bond acceptors (Lipinski definition) is 5. The number of nitrogens with one attached hydrogen (secondary N) is 1. The average molecular weight is 361 g/mol. The van der Waals surface area contributed by atoms with Crippen LogP contribution in [0.4, 0.5) is 5.13 Å². The molecule has 2 aliphatic carbocycles. The second-order valence-corrected chi connectivity index (χ2v) is 8.34. The molecule has 0 aromatic carbocycles. The van der Waals surface area contributed by atoms with Gasteiger partial charge >= 0.3 is 0 Å². The minimum absolute atomic E-state index is 0.167. The van der Waals surface area contributed by atoms with E-state index in [1.165, 1.54) is 29.1 Å². The van der Waals surface area contributed by atoms with Crippen LogP contribution in [0, 0.1) is 11.8 Å². The zero-order valence-corrected chi connectivity index (χ0v) is 15.1. The van der Waals surface area contributed by atoms with Gasteiger partial charge in [0.05, 0.1) is 17.5 Å². The summed E-state index contributed by atoms with van der Waals surface area (Å²) in [7, 11) is 0. The summed E-state index contributed by atoms with van der Waals surface area (Å²) in [5.74, 6) is -1.07. The van der Waals surface area contributed by atoms with Gasteiger partial charge in [0.15, 0.2) is 5.13 Å². The Morgan fingerprint density at radius 2 is 1.72 bits per heavy atom. The van der Waals surface area contributed by atoms with Gasteiger partial charge in [-0.3, -0.25) is 19.3 Å². The zero-order chi connectivity index (χ0) is 17.4. The average Bonchev–Trinajstić information content (AvgIpc) is 2.99. The molecule has 134 valence electrons. The molecule has 1 aromatic heterocycles. The lowest BCUT2D eigenvalue weighted by Gasteiger charge is -2.19. The molecule has 0 radical (unpaired) electrons. The first kappa shape index (κ1) is 16.7. The fourth-order valence-corrected chi connectivity index (χ4v) is 5.34. The number of aryl methyl sites for hydroxylation is 2. The van der Waals surface area contributed by atoms with Gasteiger partial charge in [0.25, 0.3) is 0 Å². The Hall–Kier alpha value is -1.76. The number of carbonyl (C=O) groups is 3. The van der Waals surface area contributed by atoms with Crippen molar-refractivity contribution < 1.29 is 14.4 Å². The number of thiazole rings is 1. The summed E-state index contributed by atoms with van der Waals surface area (Å²) >= 11 is 1.53. The predicted molar refractivity (Wildman–Crippen MR) is 94.2 cm³/mol. The van der Waals surface area contributed by atoms with Crippen molar-refractivity contribution in [1.82, 2.24) is 9.88 Å². The molecule has 0 spiro atoms. The summed E-state index contributed by atoms with van der Waals surface area (Å²) in [5, 5.41) is 3.38. The van der Waals surface area contributed by atoms with Gasteiger partial charge in [-0.15, -0.1) is 11.3 Å². The number of imide groups is 1. The molecule has 1 saturated carbocycles. The van der Waals surface area contributed by atoms with E-state index in [0.29, 0.717) is 5.13 Å². The molecule has 4 rings (SSSR count). The van der Waals surface area contributed by atoms with Crippen molar-refractivity contribution in [1.29, 1.82) is 0 Å². The molecule has 1 aliphatic heterocycles. The van der Waals surface area contributed by atoms with E-state index in [9.17, 15) is 14.4 Å². The fourth-order valence-electron chi connectivity index (χ4n) is 4.27. The Morgan fingerprint density at radius 1 is 1.04 bits per heavy atom. The Labute approximate surface area is 151 Å². The van der Waals surface area contributed by atoms with Gasteiger partial charge in [-0.2, -0.15) is 0 Å². The summed E-state index contributed by atoms with van der Waals surface area (Å²) in [4.78, 5) is 44.2. The van der Waals surface area contributed by atoms with Gasteiger partial charge in [-0.1, -0.05) is 19.3 Å². The van der Waals surface area contributed by atoms with E-state index in [2.05, 4.69) is 10.3 Å². The molecule has 3 amide bonds. The molecule has 1 aromatic rings. The Bertz CT molecular complexity index is 667. The van der Waals surface area contributed by atoms with E-state index >= 15 is 0 Å². The molecular formula is C18H23N3O3S. The maximum absolute atomic E-state index is 12.4. The Morgan fingerprint density at radius 3 is 2.44 bits per heavy atom. The maximum Gasteiger partial charge on any atom is 0.246 e. The first-order valence-electron chi connectivity index (χ1n) is 9.27.